The molecule has 0 aliphatic rings. The van der Waals surface area contributed by atoms with Crippen molar-refractivity contribution in [2.45, 2.75) is 52.4 Å². The van der Waals surface area contributed by atoms with Crippen molar-refractivity contribution in [2.24, 2.45) is 0 Å². The molecule has 2 heteroatoms. The van der Waals surface area contributed by atoms with Crippen molar-refractivity contribution in [3.63, 3.8) is 0 Å². The van der Waals surface area contributed by atoms with E-state index >= 15 is 0 Å². The maximum Gasteiger partial charge on any atom is 0.0935 e. The molecule has 2 aromatic rings. The van der Waals surface area contributed by atoms with Gasteiger partial charge in [0.05, 0.1) is 11.7 Å². The first-order valence-corrected chi connectivity index (χ1v) is 6.46. The van der Waals surface area contributed by atoms with E-state index in [1.807, 2.05) is 6.20 Å². The molecule has 0 atom stereocenters. The molecule has 0 bridgehead atoms. The van der Waals surface area contributed by atoms with Gasteiger partial charge in [0.15, 0.2) is 0 Å². The van der Waals surface area contributed by atoms with Gasteiger partial charge in [-0.25, -0.2) is 0 Å². The predicted octanol–water partition coefficient (Wildman–Crippen LogP) is 4.22. The number of fused-ring (bicyclic) bond motifs is 1. The fourth-order valence-corrected chi connectivity index (χ4v) is 2.12. The van der Waals surface area contributed by atoms with Crippen molar-refractivity contribution in [2.75, 3.05) is 0 Å². The van der Waals surface area contributed by atoms with Crippen molar-refractivity contribution >= 4 is 10.9 Å². The summed E-state index contributed by atoms with van der Waals surface area (Å²) in [6.45, 7) is 13.3. The molecular formula is C16H22N2. The Morgan fingerprint density at radius 1 is 0.889 bits per heavy atom. The molecule has 1 aromatic heterocycles. The summed E-state index contributed by atoms with van der Waals surface area (Å²) < 4.78 is 0. The maximum atomic E-state index is 4.28. The third-order valence-corrected chi connectivity index (χ3v) is 3.31. The normalized spacial score (nSPS) is 13.0. The van der Waals surface area contributed by atoms with Crippen LogP contribution in [0.15, 0.2) is 24.4 Å². The fraction of sp³-hybridized carbons (Fsp3) is 0.500. The van der Waals surface area contributed by atoms with Crippen LogP contribution in [0.2, 0.25) is 0 Å². The number of hydrogen-bond donors (Lipinski definition) is 0. The van der Waals surface area contributed by atoms with Gasteiger partial charge in [0.25, 0.3) is 0 Å². The van der Waals surface area contributed by atoms with Crippen molar-refractivity contribution in [3.8, 4) is 0 Å². The highest BCUT2D eigenvalue weighted by atomic mass is 15.1. The minimum Gasteiger partial charge on any atom is -0.158 e. The van der Waals surface area contributed by atoms with Crippen LogP contribution in [-0.2, 0) is 10.8 Å². The molecule has 0 saturated heterocycles. The third-order valence-electron chi connectivity index (χ3n) is 3.31. The van der Waals surface area contributed by atoms with E-state index in [2.05, 4.69) is 69.9 Å². The van der Waals surface area contributed by atoms with Crippen LogP contribution in [0.1, 0.15) is 52.7 Å². The summed E-state index contributed by atoms with van der Waals surface area (Å²) in [6.07, 6.45) is 1.89. The lowest BCUT2D eigenvalue weighted by atomic mass is 9.83. The van der Waals surface area contributed by atoms with Gasteiger partial charge in [0.1, 0.15) is 0 Å². The minimum absolute atomic E-state index is 0.0947. The van der Waals surface area contributed by atoms with Crippen molar-refractivity contribution in [3.05, 3.63) is 35.5 Å². The van der Waals surface area contributed by atoms with E-state index in [9.17, 15) is 0 Å². The van der Waals surface area contributed by atoms with Gasteiger partial charge in [0.2, 0.25) is 0 Å². The zero-order chi connectivity index (χ0) is 13.6. The second kappa shape index (κ2) is 4.04. The van der Waals surface area contributed by atoms with Gasteiger partial charge < -0.3 is 0 Å². The van der Waals surface area contributed by atoms with Crippen LogP contribution in [0.25, 0.3) is 10.9 Å². The molecule has 96 valence electrons. The number of hydrogen-bond acceptors (Lipinski definition) is 2. The fourth-order valence-electron chi connectivity index (χ4n) is 2.12. The maximum absolute atomic E-state index is 4.28. The van der Waals surface area contributed by atoms with E-state index < -0.39 is 0 Å². The van der Waals surface area contributed by atoms with Crippen LogP contribution in [0.4, 0.5) is 0 Å². The molecule has 0 spiro atoms. The van der Waals surface area contributed by atoms with Gasteiger partial charge in [-0.15, -0.1) is 0 Å². The predicted molar refractivity (Wildman–Crippen MR) is 76.9 cm³/mol. The molecule has 0 unspecified atom stereocenters. The molecule has 1 aromatic carbocycles. The number of nitrogens with zero attached hydrogens (tertiary/aromatic N) is 2. The standard InChI is InChI=1S/C16H22N2/c1-15(2,3)11-7-8-12-13(16(4,5)6)10-17-18-14(12)9-11/h7-10H,1-6H3. The Labute approximate surface area is 109 Å². The largest absolute Gasteiger partial charge is 0.158 e. The molecule has 2 rings (SSSR count). The summed E-state index contributed by atoms with van der Waals surface area (Å²) in [4.78, 5) is 0. The van der Waals surface area contributed by atoms with Crippen molar-refractivity contribution in [1.82, 2.24) is 10.2 Å². The average Bonchev–Trinajstić information content (AvgIpc) is 2.25. The Hall–Kier alpha value is -1.44. The van der Waals surface area contributed by atoms with Crippen molar-refractivity contribution < 1.29 is 0 Å². The average molecular weight is 242 g/mol. The number of aromatic nitrogens is 2. The minimum atomic E-state index is 0.0947. The molecule has 1 heterocycles. The van der Waals surface area contributed by atoms with E-state index in [-0.39, 0.29) is 10.8 Å². The third kappa shape index (κ3) is 2.38. The van der Waals surface area contributed by atoms with Crippen molar-refractivity contribution in [1.29, 1.82) is 0 Å². The quantitative estimate of drug-likeness (QED) is 0.691. The topological polar surface area (TPSA) is 25.8 Å². The van der Waals surface area contributed by atoms with Gasteiger partial charge >= 0.3 is 0 Å². The summed E-state index contributed by atoms with van der Waals surface area (Å²) in [5, 5.41) is 9.65. The Kier molecular flexibility index (Phi) is 2.92. The van der Waals surface area contributed by atoms with Crippen LogP contribution in [0, 0.1) is 0 Å². The lowest BCUT2D eigenvalue weighted by molar-refractivity contribution is 0.587. The monoisotopic (exact) mass is 242 g/mol. The second-order valence-corrected chi connectivity index (χ2v) is 6.99. The highest BCUT2D eigenvalue weighted by Gasteiger charge is 2.19. The molecule has 0 radical (unpaired) electrons. The lowest BCUT2D eigenvalue weighted by Gasteiger charge is -2.22. The first-order chi connectivity index (χ1) is 8.19. The summed E-state index contributed by atoms with van der Waals surface area (Å²) >= 11 is 0. The second-order valence-electron chi connectivity index (χ2n) is 6.99. The Bertz CT molecular complexity index is 572. The van der Waals surface area contributed by atoms with Gasteiger partial charge in [0, 0.05) is 5.39 Å². The number of rotatable bonds is 0. The Morgan fingerprint density at radius 3 is 2.11 bits per heavy atom. The first-order valence-electron chi connectivity index (χ1n) is 6.46. The summed E-state index contributed by atoms with van der Waals surface area (Å²) in [6, 6.07) is 6.56. The smallest absolute Gasteiger partial charge is 0.0935 e. The zero-order valence-electron chi connectivity index (χ0n) is 12.2. The Balaban J connectivity index is 2.68. The highest BCUT2D eigenvalue weighted by Crippen LogP contribution is 2.31. The molecular weight excluding hydrogens is 220 g/mol. The van der Waals surface area contributed by atoms with E-state index in [1.54, 1.807) is 0 Å². The summed E-state index contributed by atoms with van der Waals surface area (Å²) in [7, 11) is 0. The van der Waals surface area contributed by atoms with Crippen LogP contribution >= 0.6 is 0 Å². The summed E-state index contributed by atoms with van der Waals surface area (Å²) in [5.74, 6) is 0. The van der Waals surface area contributed by atoms with E-state index in [4.69, 9.17) is 0 Å². The molecule has 2 nitrogen and oxygen atoms in total. The van der Waals surface area contributed by atoms with Crippen LogP contribution in [0.3, 0.4) is 0 Å². The molecule has 0 fully saturated rings. The molecule has 0 aliphatic carbocycles. The summed E-state index contributed by atoms with van der Waals surface area (Å²) in [5.41, 5.74) is 3.79. The van der Waals surface area contributed by atoms with E-state index in [0.717, 1.165) is 5.52 Å². The molecule has 0 N–H and O–H groups in total. The van der Waals surface area contributed by atoms with Crippen LogP contribution in [0.5, 0.6) is 0 Å². The molecule has 0 aliphatic heterocycles. The van der Waals surface area contributed by atoms with E-state index in [1.165, 1.54) is 16.5 Å². The zero-order valence-corrected chi connectivity index (χ0v) is 12.2. The van der Waals surface area contributed by atoms with Crippen LogP contribution in [-0.4, -0.2) is 10.2 Å². The van der Waals surface area contributed by atoms with Gasteiger partial charge in [-0.3, -0.25) is 0 Å². The lowest BCUT2D eigenvalue weighted by Crippen LogP contribution is -2.14. The van der Waals surface area contributed by atoms with Gasteiger partial charge in [-0.05, 0) is 28.0 Å². The SMILES string of the molecule is CC(C)(C)c1ccc2c(C(C)(C)C)cnnc2c1. The number of benzene rings is 1. The highest BCUT2D eigenvalue weighted by molar-refractivity contribution is 5.83. The molecule has 18 heavy (non-hydrogen) atoms. The van der Waals surface area contributed by atoms with Gasteiger partial charge in [-0.1, -0.05) is 53.7 Å². The first kappa shape index (κ1) is 13.0. The van der Waals surface area contributed by atoms with Gasteiger partial charge in [-0.2, -0.15) is 10.2 Å². The van der Waals surface area contributed by atoms with E-state index in [0.29, 0.717) is 0 Å². The Morgan fingerprint density at radius 2 is 1.56 bits per heavy atom. The molecule has 0 amide bonds. The van der Waals surface area contributed by atoms with Crippen LogP contribution < -0.4 is 0 Å². The molecule has 0 saturated carbocycles.